The predicted octanol–water partition coefficient (Wildman–Crippen LogP) is -0.673. The summed E-state index contributed by atoms with van der Waals surface area (Å²) in [6.07, 6.45) is 1.20. The van der Waals surface area contributed by atoms with Crippen LogP contribution >= 0.6 is 0 Å². The Morgan fingerprint density at radius 2 is 1.69 bits per heavy atom. The third-order valence-electron chi connectivity index (χ3n) is 4.07. The molecule has 1 aliphatic rings. The standard InChI is InChI=1S/C16H24N4O5S/c1-25-14-5-3-13(4-6-14)18-16(22)15(21)17-7-8-19-9-11-20(12-10-19)26(2,23)24/h3-6H,7-12H2,1-2H3,(H,17,21)(H,18,22). The SMILES string of the molecule is COc1ccc(NC(=O)C(=O)NCCN2CCN(S(C)(=O)=O)CC2)cc1. The maximum Gasteiger partial charge on any atom is 0.313 e. The Balaban J connectivity index is 1.69. The highest BCUT2D eigenvalue weighted by molar-refractivity contribution is 7.88. The normalized spacial score (nSPS) is 16.1. The van der Waals surface area contributed by atoms with Crippen molar-refractivity contribution in [1.29, 1.82) is 0 Å². The Bertz CT molecular complexity index is 728. The van der Waals surface area contributed by atoms with Crippen molar-refractivity contribution in [2.75, 3.05) is 58.0 Å². The van der Waals surface area contributed by atoms with Crippen LogP contribution in [0.4, 0.5) is 5.69 Å². The van der Waals surface area contributed by atoms with E-state index in [-0.39, 0.29) is 0 Å². The topological polar surface area (TPSA) is 108 Å². The van der Waals surface area contributed by atoms with Crippen LogP contribution in [0.3, 0.4) is 0 Å². The number of methoxy groups -OCH3 is 1. The first-order chi connectivity index (χ1) is 12.3. The number of anilines is 1. The Hall–Kier alpha value is -2.17. The summed E-state index contributed by atoms with van der Waals surface area (Å²) < 4.78 is 29.4. The zero-order valence-corrected chi connectivity index (χ0v) is 15.7. The van der Waals surface area contributed by atoms with Crippen LogP contribution in [0, 0.1) is 0 Å². The quantitative estimate of drug-likeness (QED) is 0.630. The fourth-order valence-electron chi connectivity index (χ4n) is 2.55. The Labute approximate surface area is 153 Å². The van der Waals surface area contributed by atoms with Gasteiger partial charge >= 0.3 is 11.8 Å². The minimum Gasteiger partial charge on any atom is -0.497 e. The smallest absolute Gasteiger partial charge is 0.313 e. The molecule has 2 rings (SSSR count). The Morgan fingerprint density at radius 3 is 2.23 bits per heavy atom. The lowest BCUT2D eigenvalue weighted by Gasteiger charge is -2.33. The van der Waals surface area contributed by atoms with Gasteiger partial charge in [0.15, 0.2) is 0 Å². The largest absolute Gasteiger partial charge is 0.497 e. The highest BCUT2D eigenvalue weighted by atomic mass is 32.2. The number of hydrogen-bond donors (Lipinski definition) is 2. The van der Waals surface area contributed by atoms with Crippen molar-refractivity contribution in [3.63, 3.8) is 0 Å². The van der Waals surface area contributed by atoms with E-state index in [4.69, 9.17) is 4.74 Å². The highest BCUT2D eigenvalue weighted by Gasteiger charge is 2.23. The number of benzene rings is 1. The van der Waals surface area contributed by atoms with Gasteiger partial charge in [0.1, 0.15) is 5.75 Å². The van der Waals surface area contributed by atoms with Gasteiger partial charge in [-0.15, -0.1) is 0 Å². The van der Waals surface area contributed by atoms with Crippen LogP contribution in [0.5, 0.6) is 5.75 Å². The zero-order valence-electron chi connectivity index (χ0n) is 14.9. The van der Waals surface area contributed by atoms with Crippen LogP contribution in [0.1, 0.15) is 0 Å². The summed E-state index contributed by atoms with van der Waals surface area (Å²) in [5.41, 5.74) is 0.503. The number of carbonyl (C=O) groups excluding carboxylic acids is 2. The molecule has 9 nitrogen and oxygen atoms in total. The lowest BCUT2D eigenvalue weighted by molar-refractivity contribution is -0.136. The molecule has 0 bridgehead atoms. The van der Waals surface area contributed by atoms with Crippen molar-refractivity contribution in [1.82, 2.24) is 14.5 Å². The fraction of sp³-hybridized carbons (Fsp3) is 0.500. The molecule has 1 fully saturated rings. The maximum atomic E-state index is 11.9. The summed E-state index contributed by atoms with van der Waals surface area (Å²) in [5.74, 6) is -0.795. The van der Waals surface area contributed by atoms with Crippen LogP contribution in [-0.4, -0.2) is 82.1 Å². The average Bonchev–Trinajstić information content (AvgIpc) is 2.62. The van der Waals surface area contributed by atoms with E-state index in [0.29, 0.717) is 50.7 Å². The third kappa shape index (κ3) is 5.97. The van der Waals surface area contributed by atoms with Gasteiger partial charge < -0.3 is 15.4 Å². The van der Waals surface area contributed by atoms with Crippen LogP contribution < -0.4 is 15.4 Å². The van der Waals surface area contributed by atoms with Gasteiger partial charge in [-0.05, 0) is 24.3 Å². The molecule has 0 aliphatic carbocycles. The molecular weight excluding hydrogens is 360 g/mol. The molecular formula is C16H24N4O5S. The molecule has 1 aromatic rings. The van der Waals surface area contributed by atoms with E-state index >= 15 is 0 Å². The van der Waals surface area contributed by atoms with E-state index in [2.05, 4.69) is 10.6 Å². The summed E-state index contributed by atoms with van der Waals surface area (Å²) in [7, 11) is -1.61. The number of nitrogens with zero attached hydrogens (tertiary/aromatic N) is 2. The van der Waals surface area contributed by atoms with E-state index in [1.165, 1.54) is 10.6 Å². The molecule has 0 spiro atoms. The third-order valence-corrected chi connectivity index (χ3v) is 5.37. The van der Waals surface area contributed by atoms with E-state index in [1.807, 2.05) is 4.90 Å². The van der Waals surface area contributed by atoms with E-state index in [1.54, 1.807) is 31.4 Å². The van der Waals surface area contributed by atoms with Crippen molar-refractivity contribution in [2.24, 2.45) is 0 Å². The lowest BCUT2D eigenvalue weighted by Crippen LogP contribution is -2.50. The summed E-state index contributed by atoms with van der Waals surface area (Å²) in [6, 6.07) is 6.66. The van der Waals surface area contributed by atoms with E-state index in [9.17, 15) is 18.0 Å². The van der Waals surface area contributed by atoms with Crippen LogP contribution in [0.2, 0.25) is 0 Å². The molecule has 1 saturated heterocycles. The second kappa shape index (κ2) is 8.97. The second-order valence-electron chi connectivity index (χ2n) is 5.94. The Morgan fingerprint density at radius 1 is 1.08 bits per heavy atom. The van der Waals surface area contributed by atoms with Gasteiger partial charge in [-0.2, -0.15) is 4.31 Å². The molecule has 26 heavy (non-hydrogen) atoms. The summed E-state index contributed by atoms with van der Waals surface area (Å²) in [4.78, 5) is 25.7. The maximum absolute atomic E-state index is 11.9. The molecule has 1 aliphatic heterocycles. The molecule has 0 aromatic heterocycles. The van der Waals surface area contributed by atoms with Gasteiger partial charge in [0.2, 0.25) is 10.0 Å². The van der Waals surface area contributed by atoms with E-state index in [0.717, 1.165) is 0 Å². The second-order valence-corrected chi connectivity index (χ2v) is 7.92. The Kier molecular flexibility index (Phi) is 6.95. The van der Waals surface area contributed by atoms with Gasteiger partial charge in [-0.25, -0.2) is 8.42 Å². The van der Waals surface area contributed by atoms with Crippen molar-refractivity contribution in [3.05, 3.63) is 24.3 Å². The molecule has 0 saturated carbocycles. The van der Waals surface area contributed by atoms with Crippen molar-refractivity contribution in [2.45, 2.75) is 0 Å². The van der Waals surface area contributed by atoms with Gasteiger partial charge in [-0.1, -0.05) is 0 Å². The molecule has 2 N–H and O–H groups in total. The number of hydrogen-bond acceptors (Lipinski definition) is 6. The van der Waals surface area contributed by atoms with Crippen LogP contribution in [0.25, 0.3) is 0 Å². The highest BCUT2D eigenvalue weighted by Crippen LogP contribution is 2.14. The van der Waals surface area contributed by atoms with Gasteiger partial charge in [0, 0.05) is 45.0 Å². The molecule has 2 amide bonds. The molecule has 144 valence electrons. The lowest BCUT2D eigenvalue weighted by atomic mass is 10.3. The molecule has 0 radical (unpaired) electrons. The van der Waals surface area contributed by atoms with Crippen molar-refractivity contribution >= 4 is 27.5 Å². The van der Waals surface area contributed by atoms with Gasteiger partial charge in [0.05, 0.1) is 13.4 Å². The van der Waals surface area contributed by atoms with Gasteiger partial charge in [0.25, 0.3) is 0 Å². The van der Waals surface area contributed by atoms with Crippen LogP contribution in [-0.2, 0) is 19.6 Å². The van der Waals surface area contributed by atoms with Gasteiger partial charge in [-0.3, -0.25) is 14.5 Å². The summed E-state index contributed by atoms with van der Waals surface area (Å²) in [5, 5.41) is 5.08. The average molecular weight is 384 g/mol. The first kappa shape index (κ1) is 20.1. The monoisotopic (exact) mass is 384 g/mol. The predicted molar refractivity (Wildman–Crippen MR) is 97.5 cm³/mol. The summed E-state index contributed by atoms with van der Waals surface area (Å²) in [6.45, 7) is 2.93. The zero-order chi connectivity index (χ0) is 19.2. The first-order valence-electron chi connectivity index (χ1n) is 8.20. The first-order valence-corrected chi connectivity index (χ1v) is 10.0. The fourth-order valence-corrected chi connectivity index (χ4v) is 3.38. The number of sulfonamides is 1. The molecule has 1 aromatic carbocycles. The van der Waals surface area contributed by atoms with Crippen LogP contribution in [0.15, 0.2) is 24.3 Å². The number of carbonyl (C=O) groups is 2. The van der Waals surface area contributed by atoms with Crippen molar-refractivity contribution in [3.8, 4) is 5.75 Å². The minimum absolute atomic E-state index is 0.313. The molecule has 1 heterocycles. The number of piperazine rings is 1. The molecule has 10 heteroatoms. The number of ether oxygens (including phenoxy) is 1. The number of rotatable bonds is 6. The number of nitrogens with one attached hydrogen (secondary N) is 2. The van der Waals surface area contributed by atoms with E-state index < -0.39 is 21.8 Å². The molecule has 0 unspecified atom stereocenters. The van der Waals surface area contributed by atoms with Crippen molar-refractivity contribution < 1.29 is 22.7 Å². The summed E-state index contributed by atoms with van der Waals surface area (Å²) >= 11 is 0. The molecule has 0 atom stereocenters. The minimum atomic E-state index is -3.15. The number of amides is 2.